The highest BCUT2D eigenvalue weighted by molar-refractivity contribution is 7.11. The number of hydrogen-bond donors (Lipinski definition) is 2. The standard InChI is InChI=1S/C17H20N4O3S/c1-18-17(22)12-10-11(21(23)24)6-7-13(12)19-9-8-16-20-14-4-2-3-5-15(14)25-16/h6-7,10,19H,2-5,8-9H2,1H3,(H,18,22). The molecule has 0 spiro atoms. The number of aromatic nitrogens is 1. The van der Waals surface area contributed by atoms with Crippen LogP contribution in [0, 0.1) is 10.1 Å². The number of rotatable bonds is 6. The third-order valence-electron chi connectivity index (χ3n) is 4.23. The van der Waals surface area contributed by atoms with E-state index < -0.39 is 4.92 Å². The minimum atomic E-state index is -0.504. The van der Waals surface area contributed by atoms with Crippen molar-refractivity contribution in [2.45, 2.75) is 32.1 Å². The van der Waals surface area contributed by atoms with E-state index in [1.807, 2.05) is 0 Å². The summed E-state index contributed by atoms with van der Waals surface area (Å²) < 4.78 is 0. The summed E-state index contributed by atoms with van der Waals surface area (Å²) in [6, 6.07) is 4.27. The number of non-ortho nitro benzene ring substituents is 1. The number of thiazole rings is 1. The van der Waals surface area contributed by atoms with Gasteiger partial charge in [-0.05, 0) is 31.7 Å². The van der Waals surface area contributed by atoms with E-state index >= 15 is 0 Å². The monoisotopic (exact) mass is 360 g/mol. The number of carbonyl (C=O) groups is 1. The molecule has 0 aliphatic heterocycles. The number of amides is 1. The molecule has 0 fully saturated rings. The van der Waals surface area contributed by atoms with Crippen LogP contribution in [-0.2, 0) is 19.3 Å². The van der Waals surface area contributed by atoms with E-state index in [9.17, 15) is 14.9 Å². The Bertz CT molecular complexity index is 780. The van der Waals surface area contributed by atoms with Crippen molar-refractivity contribution in [3.05, 3.63) is 49.5 Å². The van der Waals surface area contributed by atoms with Crippen LogP contribution in [0.4, 0.5) is 11.4 Å². The molecule has 3 rings (SSSR count). The first kappa shape index (κ1) is 17.3. The van der Waals surface area contributed by atoms with Crippen LogP contribution in [-0.4, -0.2) is 29.4 Å². The van der Waals surface area contributed by atoms with Crippen LogP contribution >= 0.6 is 11.3 Å². The zero-order valence-electron chi connectivity index (χ0n) is 14.0. The third-order valence-corrected chi connectivity index (χ3v) is 5.45. The molecule has 1 aliphatic carbocycles. The Labute approximate surface area is 149 Å². The average molecular weight is 360 g/mol. The number of hydrogen-bond acceptors (Lipinski definition) is 6. The van der Waals surface area contributed by atoms with E-state index in [1.54, 1.807) is 17.4 Å². The van der Waals surface area contributed by atoms with Gasteiger partial charge in [-0.2, -0.15) is 0 Å². The lowest BCUT2D eigenvalue weighted by molar-refractivity contribution is -0.384. The molecule has 1 aliphatic rings. The molecule has 0 unspecified atom stereocenters. The second-order valence-electron chi connectivity index (χ2n) is 5.93. The minimum absolute atomic E-state index is 0.100. The lowest BCUT2D eigenvalue weighted by Crippen LogP contribution is -2.20. The average Bonchev–Trinajstić information content (AvgIpc) is 3.03. The molecule has 25 heavy (non-hydrogen) atoms. The zero-order chi connectivity index (χ0) is 17.8. The molecule has 8 heteroatoms. The fourth-order valence-electron chi connectivity index (χ4n) is 2.94. The van der Waals surface area contributed by atoms with Crippen LogP contribution in [0.2, 0.25) is 0 Å². The number of fused-ring (bicyclic) bond motifs is 1. The Hall–Kier alpha value is -2.48. The lowest BCUT2D eigenvalue weighted by Gasteiger charge is -2.10. The molecule has 0 saturated carbocycles. The number of carbonyl (C=O) groups excluding carboxylic acids is 1. The van der Waals surface area contributed by atoms with E-state index in [0.29, 0.717) is 12.2 Å². The van der Waals surface area contributed by atoms with E-state index in [1.165, 1.54) is 42.6 Å². The topological polar surface area (TPSA) is 97.2 Å². The molecule has 1 aromatic heterocycles. The summed E-state index contributed by atoms with van der Waals surface area (Å²) in [7, 11) is 1.50. The quantitative estimate of drug-likeness (QED) is 0.610. The fourth-order valence-corrected chi connectivity index (χ4v) is 4.10. The van der Waals surface area contributed by atoms with E-state index in [-0.39, 0.29) is 17.2 Å². The first-order valence-electron chi connectivity index (χ1n) is 8.30. The molecular weight excluding hydrogens is 340 g/mol. The van der Waals surface area contributed by atoms with Crippen molar-refractivity contribution in [2.75, 3.05) is 18.9 Å². The Morgan fingerprint density at radius 2 is 2.16 bits per heavy atom. The predicted octanol–water partition coefficient (Wildman–Crippen LogP) is 2.94. The van der Waals surface area contributed by atoms with Gasteiger partial charge in [-0.3, -0.25) is 14.9 Å². The van der Waals surface area contributed by atoms with Crippen molar-refractivity contribution in [1.29, 1.82) is 0 Å². The minimum Gasteiger partial charge on any atom is -0.384 e. The normalized spacial score (nSPS) is 13.2. The zero-order valence-corrected chi connectivity index (χ0v) is 14.8. The van der Waals surface area contributed by atoms with Gasteiger partial charge in [0.15, 0.2) is 0 Å². The summed E-state index contributed by atoms with van der Waals surface area (Å²) in [6.45, 7) is 0.619. The number of nitrogens with one attached hydrogen (secondary N) is 2. The molecule has 0 radical (unpaired) electrons. The molecule has 2 N–H and O–H groups in total. The second kappa shape index (κ2) is 7.60. The van der Waals surface area contributed by atoms with Crippen LogP contribution in [0.1, 0.15) is 38.8 Å². The molecule has 7 nitrogen and oxygen atoms in total. The molecule has 1 aromatic carbocycles. The highest BCUT2D eigenvalue weighted by Gasteiger charge is 2.17. The Balaban J connectivity index is 1.68. The van der Waals surface area contributed by atoms with Gasteiger partial charge in [-0.25, -0.2) is 4.98 Å². The highest BCUT2D eigenvalue weighted by atomic mass is 32.1. The lowest BCUT2D eigenvalue weighted by atomic mass is 10.0. The number of benzene rings is 1. The molecule has 1 heterocycles. The summed E-state index contributed by atoms with van der Waals surface area (Å²) in [4.78, 5) is 28.5. The maximum Gasteiger partial charge on any atom is 0.270 e. The number of nitro benzene ring substituents is 1. The van der Waals surface area contributed by atoms with Crippen molar-refractivity contribution < 1.29 is 9.72 Å². The van der Waals surface area contributed by atoms with Crippen molar-refractivity contribution >= 4 is 28.6 Å². The molecular formula is C17H20N4O3S. The largest absolute Gasteiger partial charge is 0.384 e. The Kier molecular flexibility index (Phi) is 5.28. The third kappa shape index (κ3) is 3.96. The first-order valence-corrected chi connectivity index (χ1v) is 9.12. The molecule has 0 saturated heterocycles. The molecule has 1 amide bonds. The summed E-state index contributed by atoms with van der Waals surface area (Å²) >= 11 is 1.77. The predicted molar refractivity (Wildman–Crippen MR) is 97.4 cm³/mol. The summed E-state index contributed by atoms with van der Waals surface area (Å²) in [5.41, 5.74) is 2.01. The summed E-state index contributed by atoms with van der Waals surface area (Å²) in [6.07, 6.45) is 5.42. The number of nitrogens with zero attached hydrogens (tertiary/aromatic N) is 2. The van der Waals surface area contributed by atoms with Gasteiger partial charge < -0.3 is 10.6 Å². The number of nitro groups is 1. The van der Waals surface area contributed by atoms with Crippen LogP contribution in [0.15, 0.2) is 18.2 Å². The SMILES string of the molecule is CNC(=O)c1cc([N+](=O)[O-])ccc1NCCc1nc2c(s1)CCCC2. The van der Waals surface area contributed by atoms with Gasteiger partial charge in [-0.15, -0.1) is 11.3 Å². The smallest absolute Gasteiger partial charge is 0.270 e. The number of aryl methyl sites for hydroxylation is 2. The van der Waals surface area contributed by atoms with Crippen molar-refractivity contribution in [3.8, 4) is 0 Å². The Morgan fingerprint density at radius 1 is 1.36 bits per heavy atom. The van der Waals surface area contributed by atoms with Gasteiger partial charge >= 0.3 is 0 Å². The van der Waals surface area contributed by atoms with Gasteiger partial charge in [0.25, 0.3) is 11.6 Å². The van der Waals surface area contributed by atoms with Gasteiger partial charge in [-0.1, -0.05) is 0 Å². The van der Waals surface area contributed by atoms with E-state index in [4.69, 9.17) is 4.98 Å². The van der Waals surface area contributed by atoms with Crippen LogP contribution in [0.25, 0.3) is 0 Å². The fraction of sp³-hybridized carbons (Fsp3) is 0.412. The van der Waals surface area contributed by atoms with Crippen molar-refractivity contribution in [3.63, 3.8) is 0 Å². The van der Waals surface area contributed by atoms with E-state index in [0.717, 1.165) is 24.3 Å². The highest BCUT2D eigenvalue weighted by Crippen LogP contribution is 2.27. The van der Waals surface area contributed by atoms with Gasteiger partial charge in [0, 0.05) is 42.7 Å². The summed E-state index contributed by atoms with van der Waals surface area (Å²) in [5, 5.41) is 17.7. The second-order valence-corrected chi connectivity index (χ2v) is 7.10. The molecule has 0 bridgehead atoms. The van der Waals surface area contributed by atoms with Gasteiger partial charge in [0.2, 0.25) is 0 Å². The summed E-state index contributed by atoms with van der Waals surface area (Å²) in [5.74, 6) is -0.351. The van der Waals surface area contributed by atoms with Crippen molar-refractivity contribution in [1.82, 2.24) is 10.3 Å². The maximum atomic E-state index is 12.0. The number of anilines is 1. The van der Waals surface area contributed by atoms with Gasteiger partial charge in [0.05, 0.1) is 21.2 Å². The van der Waals surface area contributed by atoms with Crippen LogP contribution in [0.3, 0.4) is 0 Å². The van der Waals surface area contributed by atoms with Gasteiger partial charge in [0.1, 0.15) is 0 Å². The van der Waals surface area contributed by atoms with Crippen LogP contribution < -0.4 is 10.6 Å². The van der Waals surface area contributed by atoms with Crippen LogP contribution in [0.5, 0.6) is 0 Å². The molecule has 132 valence electrons. The molecule has 2 aromatic rings. The maximum absolute atomic E-state index is 12.0. The molecule has 0 atom stereocenters. The first-order chi connectivity index (χ1) is 12.1. The Morgan fingerprint density at radius 3 is 2.88 bits per heavy atom. The van der Waals surface area contributed by atoms with Crippen molar-refractivity contribution in [2.24, 2.45) is 0 Å². The van der Waals surface area contributed by atoms with E-state index in [2.05, 4.69) is 10.6 Å².